The van der Waals surface area contributed by atoms with Crippen molar-refractivity contribution in [1.29, 1.82) is 0 Å². The average Bonchev–Trinajstić information content (AvgIpc) is 1.86. The molecule has 1 heterocycles. The summed E-state index contributed by atoms with van der Waals surface area (Å²) in [6, 6.07) is 0. The minimum absolute atomic E-state index is 0.0567. The Hall–Kier alpha value is -1.00. The third-order valence-corrected chi connectivity index (χ3v) is 1.40. The quantitative estimate of drug-likeness (QED) is 0.580. The van der Waals surface area contributed by atoms with Crippen LogP contribution in [0.25, 0.3) is 0 Å². The van der Waals surface area contributed by atoms with Gasteiger partial charge in [-0.2, -0.15) is 13.2 Å². The number of hydrogen-bond donors (Lipinski definition) is 1. The van der Waals surface area contributed by atoms with Gasteiger partial charge in [0.2, 0.25) is 0 Å². The van der Waals surface area contributed by atoms with Crippen LogP contribution in [0.1, 0.15) is 12.8 Å². The Balaban J connectivity index is 2.77. The number of amidine groups is 1. The van der Waals surface area contributed by atoms with Crippen molar-refractivity contribution in [1.82, 2.24) is 0 Å². The van der Waals surface area contributed by atoms with Gasteiger partial charge >= 0.3 is 6.18 Å². The summed E-state index contributed by atoms with van der Waals surface area (Å²) in [5.41, 5.74) is 4.57. The lowest BCUT2D eigenvalue weighted by molar-refractivity contribution is -0.0941. The Morgan fingerprint density at radius 3 is 2.36 bits per heavy atom. The van der Waals surface area contributed by atoms with E-state index in [2.05, 4.69) is 4.99 Å². The van der Waals surface area contributed by atoms with Gasteiger partial charge in [0.25, 0.3) is 0 Å². The van der Waals surface area contributed by atoms with Crippen LogP contribution < -0.4 is 5.73 Å². The molecule has 0 aromatic rings. The van der Waals surface area contributed by atoms with E-state index in [1.807, 2.05) is 0 Å². The van der Waals surface area contributed by atoms with Gasteiger partial charge in [-0.3, -0.25) is 0 Å². The minimum Gasteiger partial charge on any atom is -0.387 e. The summed E-state index contributed by atoms with van der Waals surface area (Å²) in [5.74, 6) is 0.262. The summed E-state index contributed by atoms with van der Waals surface area (Å²) in [4.78, 5) is 3.39. The Kier molecular flexibility index (Phi) is 1.89. The van der Waals surface area contributed by atoms with Crippen molar-refractivity contribution in [3.05, 3.63) is 11.8 Å². The Bertz CT molecular complexity index is 214. The SMILES string of the molecule is NC1=NC=C(C(F)(F)F)CC1. The number of aliphatic imine (C=N–C) groups is 1. The molecule has 0 aromatic carbocycles. The first-order chi connectivity index (χ1) is 5.00. The predicted octanol–water partition coefficient (Wildman–Crippen LogP) is 1.58. The van der Waals surface area contributed by atoms with E-state index >= 15 is 0 Å². The number of nitrogens with zero attached hydrogens (tertiary/aromatic N) is 1. The fraction of sp³-hybridized carbons (Fsp3) is 0.500. The summed E-state index contributed by atoms with van der Waals surface area (Å²) in [6.07, 6.45) is -3.31. The van der Waals surface area contributed by atoms with E-state index in [4.69, 9.17) is 5.73 Å². The fourth-order valence-electron chi connectivity index (χ4n) is 0.768. The summed E-state index contributed by atoms with van der Waals surface area (Å²) >= 11 is 0. The molecule has 2 nitrogen and oxygen atoms in total. The molecule has 0 fully saturated rings. The van der Waals surface area contributed by atoms with Crippen molar-refractivity contribution in [3.8, 4) is 0 Å². The molecular formula is C6H7F3N2. The lowest BCUT2D eigenvalue weighted by Gasteiger charge is -2.13. The highest BCUT2D eigenvalue weighted by atomic mass is 19.4. The van der Waals surface area contributed by atoms with Crippen LogP contribution in [-0.4, -0.2) is 12.0 Å². The number of alkyl halides is 3. The first-order valence-electron chi connectivity index (χ1n) is 3.08. The molecule has 1 aliphatic heterocycles. The summed E-state index contributed by atoms with van der Waals surface area (Å²) in [5, 5.41) is 0. The monoisotopic (exact) mass is 164 g/mol. The van der Waals surface area contributed by atoms with Crippen molar-refractivity contribution >= 4 is 5.84 Å². The smallest absolute Gasteiger partial charge is 0.387 e. The molecule has 11 heavy (non-hydrogen) atoms. The maximum atomic E-state index is 11.9. The molecule has 1 rings (SSSR count). The Labute approximate surface area is 61.6 Å². The Morgan fingerprint density at radius 1 is 1.36 bits per heavy atom. The zero-order valence-corrected chi connectivity index (χ0v) is 5.65. The van der Waals surface area contributed by atoms with Crippen LogP contribution in [0.2, 0.25) is 0 Å². The highest BCUT2D eigenvalue weighted by Gasteiger charge is 2.34. The number of halogens is 3. The largest absolute Gasteiger partial charge is 0.414 e. The second kappa shape index (κ2) is 2.56. The molecule has 0 unspecified atom stereocenters. The molecule has 0 spiro atoms. The van der Waals surface area contributed by atoms with Crippen LogP contribution in [-0.2, 0) is 0 Å². The van der Waals surface area contributed by atoms with Crippen molar-refractivity contribution in [2.24, 2.45) is 10.7 Å². The van der Waals surface area contributed by atoms with Gasteiger partial charge in [-0.05, 0) is 6.42 Å². The van der Waals surface area contributed by atoms with Gasteiger partial charge < -0.3 is 5.73 Å². The number of allylic oxidation sites excluding steroid dienone is 1. The van der Waals surface area contributed by atoms with Crippen LogP contribution in [0, 0.1) is 0 Å². The van der Waals surface area contributed by atoms with Gasteiger partial charge in [-0.15, -0.1) is 0 Å². The molecule has 1 aliphatic rings. The van der Waals surface area contributed by atoms with E-state index in [0.29, 0.717) is 0 Å². The highest BCUT2D eigenvalue weighted by molar-refractivity contribution is 5.82. The summed E-state index contributed by atoms with van der Waals surface area (Å²) in [6.45, 7) is 0. The Morgan fingerprint density at radius 2 is 2.00 bits per heavy atom. The molecule has 0 amide bonds. The third-order valence-electron chi connectivity index (χ3n) is 1.40. The molecule has 0 saturated carbocycles. The molecular weight excluding hydrogens is 157 g/mol. The average molecular weight is 164 g/mol. The van der Waals surface area contributed by atoms with Crippen molar-refractivity contribution in [3.63, 3.8) is 0 Å². The van der Waals surface area contributed by atoms with Gasteiger partial charge in [-0.25, -0.2) is 4.99 Å². The van der Waals surface area contributed by atoms with Crippen LogP contribution >= 0.6 is 0 Å². The van der Waals surface area contributed by atoms with Crippen LogP contribution in [0.4, 0.5) is 13.2 Å². The number of hydrogen-bond acceptors (Lipinski definition) is 2. The molecule has 62 valence electrons. The third kappa shape index (κ3) is 1.96. The minimum atomic E-state index is -4.25. The molecule has 0 aromatic heterocycles. The van der Waals surface area contributed by atoms with E-state index in [1.165, 1.54) is 0 Å². The molecule has 0 atom stereocenters. The summed E-state index contributed by atoms with van der Waals surface area (Å²) < 4.78 is 35.7. The van der Waals surface area contributed by atoms with Gasteiger partial charge in [-0.1, -0.05) is 0 Å². The molecule has 0 bridgehead atoms. The van der Waals surface area contributed by atoms with Gasteiger partial charge in [0.1, 0.15) is 0 Å². The number of rotatable bonds is 0. The van der Waals surface area contributed by atoms with Crippen LogP contribution in [0.15, 0.2) is 16.8 Å². The van der Waals surface area contributed by atoms with Crippen molar-refractivity contribution < 1.29 is 13.2 Å². The normalized spacial score (nSPS) is 19.2. The predicted molar refractivity (Wildman–Crippen MR) is 35.0 cm³/mol. The molecule has 5 heteroatoms. The van der Waals surface area contributed by atoms with E-state index in [-0.39, 0.29) is 18.7 Å². The second-order valence-electron chi connectivity index (χ2n) is 2.27. The first kappa shape index (κ1) is 8.10. The maximum Gasteiger partial charge on any atom is 0.414 e. The zero-order valence-electron chi connectivity index (χ0n) is 5.65. The first-order valence-corrected chi connectivity index (χ1v) is 3.08. The van der Waals surface area contributed by atoms with Gasteiger partial charge in [0.15, 0.2) is 0 Å². The fourth-order valence-corrected chi connectivity index (χ4v) is 0.768. The molecule has 0 radical (unpaired) electrons. The lowest BCUT2D eigenvalue weighted by Crippen LogP contribution is -2.19. The maximum absolute atomic E-state index is 11.9. The van der Waals surface area contributed by atoms with E-state index < -0.39 is 11.7 Å². The number of nitrogens with two attached hydrogens (primary N) is 1. The van der Waals surface area contributed by atoms with E-state index in [1.54, 1.807) is 0 Å². The van der Waals surface area contributed by atoms with Crippen molar-refractivity contribution in [2.45, 2.75) is 19.0 Å². The zero-order chi connectivity index (χ0) is 8.48. The van der Waals surface area contributed by atoms with Crippen LogP contribution in [0.5, 0.6) is 0 Å². The molecule has 0 aliphatic carbocycles. The van der Waals surface area contributed by atoms with Crippen molar-refractivity contribution in [2.75, 3.05) is 0 Å². The highest BCUT2D eigenvalue weighted by Crippen LogP contribution is 2.30. The molecule has 2 N–H and O–H groups in total. The van der Waals surface area contributed by atoms with E-state index in [9.17, 15) is 13.2 Å². The van der Waals surface area contributed by atoms with E-state index in [0.717, 1.165) is 6.20 Å². The second-order valence-corrected chi connectivity index (χ2v) is 2.27. The lowest BCUT2D eigenvalue weighted by atomic mass is 10.1. The topological polar surface area (TPSA) is 38.4 Å². The standard InChI is InChI=1S/C6H7F3N2/c7-6(8,9)4-1-2-5(10)11-3-4/h3H,1-2H2,(H2,10,11). The van der Waals surface area contributed by atoms with Gasteiger partial charge in [0.05, 0.1) is 11.4 Å². The summed E-state index contributed by atoms with van der Waals surface area (Å²) in [7, 11) is 0. The van der Waals surface area contributed by atoms with Crippen LogP contribution in [0.3, 0.4) is 0 Å². The van der Waals surface area contributed by atoms with Gasteiger partial charge in [0, 0.05) is 12.6 Å². The molecule has 0 saturated heterocycles.